The molecule has 0 bridgehead atoms. The molecule has 7 nitrogen and oxygen atoms in total. The standard InChI is InChI=1S/C16H20ClN5O2/c1-2-18-14(23)11-21-6-8-22(9-7-21)16-19-15(20-24-16)12-4-3-5-13(17)10-12/h3-5,10H,2,6-9,11H2,1H3,(H,18,23). The van der Waals surface area contributed by atoms with Gasteiger partial charge in [0.05, 0.1) is 6.54 Å². The maximum absolute atomic E-state index is 11.6. The maximum atomic E-state index is 11.6. The van der Waals surface area contributed by atoms with Crippen LogP contribution in [0.3, 0.4) is 0 Å². The van der Waals surface area contributed by atoms with Crippen LogP contribution < -0.4 is 10.2 Å². The normalized spacial score (nSPS) is 15.5. The van der Waals surface area contributed by atoms with Gasteiger partial charge in [-0.3, -0.25) is 9.69 Å². The van der Waals surface area contributed by atoms with Crippen LogP contribution in [-0.2, 0) is 4.79 Å². The molecule has 0 radical (unpaired) electrons. The molecule has 1 fully saturated rings. The van der Waals surface area contributed by atoms with Crippen molar-refractivity contribution in [1.82, 2.24) is 20.4 Å². The van der Waals surface area contributed by atoms with Crippen LogP contribution in [0.5, 0.6) is 0 Å². The van der Waals surface area contributed by atoms with Crippen molar-refractivity contribution in [3.63, 3.8) is 0 Å². The van der Waals surface area contributed by atoms with Crippen molar-refractivity contribution in [2.24, 2.45) is 0 Å². The second-order valence-electron chi connectivity index (χ2n) is 5.63. The van der Waals surface area contributed by atoms with E-state index >= 15 is 0 Å². The van der Waals surface area contributed by atoms with Crippen molar-refractivity contribution in [2.75, 3.05) is 44.2 Å². The molecule has 3 rings (SSSR count). The van der Waals surface area contributed by atoms with Gasteiger partial charge in [-0.1, -0.05) is 28.9 Å². The lowest BCUT2D eigenvalue weighted by molar-refractivity contribution is -0.122. The maximum Gasteiger partial charge on any atom is 0.324 e. The molecule has 128 valence electrons. The Bertz CT molecular complexity index is 697. The lowest BCUT2D eigenvalue weighted by Gasteiger charge is -2.32. The second-order valence-corrected chi connectivity index (χ2v) is 6.06. The third-order valence-corrected chi connectivity index (χ3v) is 4.12. The van der Waals surface area contributed by atoms with Crippen LogP contribution in [0.4, 0.5) is 6.01 Å². The zero-order chi connectivity index (χ0) is 16.9. The molecule has 1 aromatic heterocycles. The number of hydrogen-bond donors (Lipinski definition) is 1. The Labute approximate surface area is 145 Å². The lowest BCUT2D eigenvalue weighted by Crippen LogP contribution is -2.49. The van der Waals surface area contributed by atoms with E-state index in [9.17, 15) is 4.79 Å². The number of halogens is 1. The van der Waals surface area contributed by atoms with Gasteiger partial charge in [-0.2, -0.15) is 4.98 Å². The molecule has 0 unspecified atom stereocenters. The largest absolute Gasteiger partial charge is 0.355 e. The summed E-state index contributed by atoms with van der Waals surface area (Å²) < 4.78 is 5.38. The van der Waals surface area contributed by atoms with Crippen LogP contribution in [0.1, 0.15) is 6.92 Å². The summed E-state index contributed by atoms with van der Waals surface area (Å²) in [7, 11) is 0. The van der Waals surface area contributed by atoms with Gasteiger partial charge in [0, 0.05) is 43.3 Å². The Morgan fingerprint density at radius 1 is 1.33 bits per heavy atom. The number of carbonyl (C=O) groups excluding carboxylic acids is 1. The number of benzene rings is 1. The molecule has 0 atom stereocenters. The van der Waals surface area contributed by atoms with Gasteiger partial charge in [-0.15, -0.1) is 0 Å². The summed E-state index contributed by atoms with van der Waals surface area (Å²) in [6, 6.07) is 7.86. The molecule has 8 heteroatoms. The average Bonchev–Trinajstić information content (AvgIpc) is 3.06. The first-order valence-corrected chi connectivity index (χ1v) is 8.37. The van der Waals surface area contributed by atoms with Crippen molar-refractivity contribution >= 4 is 23.5 Å². The van der Waals surface area contributed by atoms with Gasteiger partial charge in [0.2, 0.25) is 11.7 Å². The Hall–Kier alpha value is -2.12. The molecule has 1 aliphatic rings. The fraction of sp³-hybridized carbons (Fsp3) is 0.438. The van der Waals surface area contributed by atoms with Gasteiger partial charge >= 0.3 is 6.01 Å². The number of piperazine rings is 1. The van der Waals surface area contributed by atoms with E-state index in [2.05, 4.69) is 20.4 Å². The molecule has 24 heavy (non-hydrogen) atoms. The minimum absolute atomic E-state index is 0.0620. The van der Waals surface area contributed by atoms with Crippen molar-refractivity contribution in [2.45, 2.75) is 6.92 Å². The van der Waals surface area contributed by atoms with Crippen LogP contribution in [0.15, 0.2) is 28.8 Å². The molecule has 1 saturated heterocycles. The van der Waals surface area contributed by atoms with Gasteiger partial charge < -0.3 is 14.7 Å². The molecule has 0 saturated carbocycles. The Balaban J connectivity index is 1.58. The van der Waals surface area contributed by atoms with Crippen molar-refractivity contribution < 1.29 is 9.32 Å². The van der Waals surface area contributed by atoms with E-state index in [1.54, 1.807) is 12.1 Å². The summed E-state index contributed by atoms with van der Waals surface area (Å²) >= 11 is 6.00. The first kappa shape index (κ1) is 16.7. The smallest absolute Gasteiger partial charge is 0.324 e. The van der Waals surface area contributed by atoms with Gasteiger partial charge in [0.1, 0.15) is 0 Å². The molecule has 1 aromatic carbocycles. The molecule has 1 aliphatic heterocycles. The van der Waals surface area contributed by atoms with E-state index in [1.807, 2.05) is 24.0 Å². The summed E-state index contributed by atoms with van der Waals surface area (Å²) in [5.41, 5.74) is 0.826. The predicted molar refractivity (Wildman–Crippen MR) is 92.1 cm³/mol. The molecule has 1 N–H and O–H groups in total. The fourth-order valence-corrected chi connectivity index (χ4v) is 2.83. The molecule has 0 aliphatic carbocycles. The number of likely N-dealkylation sites (N-methyl/N-ethyl adjacent to an activating group) is 1. The van der Waals surface area contributed by atoms with Gasteiger partial charge in [-0.25, -0.2) is 0 Å². The molecular weight excluding hydrogens is 330 g/mol. The first-order valence-electron chi connectivity index (χ1n) is 7.99. The highest BCUT2D eigenvalue weighted by molar-refractivity contribution is 6.30. The van der Waals surface area contributed by atoms with Crippen molar-refractivity contribution in [3.05, 3.63) is 29.3 Å². The van der Waals surface area contributed by atoms with Crippen LogP contribution in [0.2, 0.25) is 5.02 Å². The van der Waals surface area contributed by atoms with Crippen LogP contribution in [0, 0.1) is 0 Å². The van der Waals surface area contributed by atoms with E-state index in [0.29, 0.717) is 30.0 Å². The summed E-state index contributed by atoms with van der Waals surface area (Å²) in [6.07, 6.45) is 0. The Kier molecular flexibility index (Phi) is 5.32. The number of anilines is 1. The summed E-state index contributed by atoms with van der Waals surface area (Å²) in [5.74, 6) is 0.587. The summed E-state index contributed by atoms with van der Waals surface area (Å²) in [4.78, 5) is 20.2. The van der Waals surface area contributed by atoms with E-state index < -0.39 is 0 Å². The topological polar surface area (TPSA) is 74.5 Å². The first-order chi connectivity index (χ1) is 11.7. The minimum atomic E-state index is 0.0620. The van der Waals surface area contributed by atoms with E-state index in [1.165, 1.54) is 0 Å². The predicted octanol–water partition coefficient (Wildman–Crippen LogP) is 1.65. The molecule has 0 spiro atoms. The SMILES string of the molecule is CCNC(=O)CN1CCN(c2nc(-c3cccc(Cl)c3)no2)CC1. The number of amides is 1. The number of rotatable bonds is 5. The fourth-order valence-electron chi connectivity index (χ4n) is 2.64. The second kappa shape index (κ2) is 7.63. The summed E-state index contributed by atoms with van der Waals surface area (Å²) in [6.45, 7) is 6.07. The van der Waals surface area contributed by atoms with E-state index in [0.717, 1.165) is 31.7 Å². The zero-order valence-electron chi connectivity index (χ0n) is 13.5. The monoisotopic (exact) mass is 349 g/mol. The number of nitrogens with one attached hydrogen (secondary N) is 1. The molecule has 2 aromatic rings. The number of aromatic nitrogens is 2. The van der Waals surface area contributed by atoms with Crippen molar-refractivity contribution in [1.29, 1.82) is 0 Å². The summed E-state index contributed by atoms with van der Waals surface area (Å²) in [5, 5.41) is 7.48. The zero-order valence-corrected chi connectivity index (χ0v) is 14.3. The number of hydrogen-bond acceptors (Lipinski definition) is 6. The number of carbonyl (C=O) groups is 1. The average molecular weight is 350 g/mol. The highest BCUT2D eigenvalue weighted by atomic mass is 35.5. The Morgan fingerprint density at radius 2 is 2.12 bits per heavy atom. The van der Waals surface area contributed by atoms with Gasteiger partial charge in [0.15, 0.2) is 0 Å². The minimum Gasteiger partial charge on any atom is -0.355 e. The number of nitrogens with zero attached hydrogens (tertiary/aromatic N) is 4. The van der Waals surface area contributed by atoms with Crippen LogP contribution in [-0.4, -0.2) is 60.2 Å². The van der Waals surface area contributed by atoms with E-state index in [-0.39, 0.29) is 5.91 Å². The van der Waals surface area contributed by atoms with E-state index in [4.69, 9.17) is 16.1 Å². The lowest BCUT2D eigenvalue weighted by atomic mass is 10.2. The molecule has 1 amide bonds. The van der Waals surface area contributed by atoms with Crippen molar-refractivity contribution in [3.8, 4) is 11.4 Å². The third-order valence-electron chi connectivity index (χ3n) is 3.88. The third kappa shape index (κ3) is 4.04. The molecular formula is C16H20ClN5O2. The van der Waals surface area contributed by atoms with Gasteiger partial charge in [-0.05, 0) is 19.1 Å². The highest BCUT2D eigenvalue weighted by Gasteiger charge is 2.22. The molecule has 2 heterocycles. The van der Waals surface area contributed by atoms with Gasteiger partial charge in [0.25, 0.3) is 0 Å². The van der Waals surface area contributed by atoms with Crippen LogP contribution in [0.25, 0.3) is 11.4 Å². The highest BCUT2D eigenvalue weighted by Crippen LogP contribution is 2.23. The quantitative estimate of drug-likeness (QED) is 0.884. The Morgan fingerprint density at radius 3 is 2.83 bits per heavy atom. The van der Waals surface area contributed by atoms with Crippen LogP contribution >= 0.6 is 11.6 Å².